The topological polar surface area (TPSA) is 122 Å². The molecule has 0 bridgehead atoms. The zero-order valence-corrected chi connectivity index (χ0v) is 20.4. The molecule has 10 heteroatoms. The Morgan fingerprint density at radius 3 is 2.69 bits per heavy atom. The van der Waals surface area contributed by atoms with Crippen LogP contribution >= 0.6 is 0 Å². The molecule has 1 saturated carbocycles. The third-order valence-electron chi connectivity index (χ3n) is 5.80. The highest BCUT2D eigenvalue weighted by atomic mass is 16.3. The molecule has 0 aliphatic heterocycles. The van der Waals surface area contributed by atoms with Crippen LogP contribution < -0.4 is 10.9 Å². The average Bonchev–Trinajstić information content (AvgIpc) is 3.56. The predicted octanol–water partition coefficient (Wildman–Crippen LogP) is 2.13. The SMILES string of the molecule is Cc1nn2c(=O)c(C(=O)NC3CC3)c(O)n(CC(C)C)c2c1/C=C/C(=O)N(C)Cc1ccccn1. The average molecular weight is 479 g/mol. The van der Waals surface area contributed by atoms with Crippen molar-refractivity contribution in [3.63, 3.8) is 0 Å². The van der Waals surface area contributed by atoms with Crippen molar-refractivity contribution in [3.8, 4) is 5.88 Å². The molecule has 1 aliphatic rings. The van der Waals surface area contributed by atoms with Gasteiger partial charge in [-0.05, 0) is 43.9 Å². The van der Waals surface area contributed by atoms with E-state index in [0.29, 0.717) is 30.0 Å². The largest absolute Gasteiger partial charge is 0.494 e. The maximum atomic E-state index is 13.2. The molecule has 1 fully saturated rings. The van der Waals surface area contributed by atoms with Crippen LogP contribution in [0.2, 0.25) is 0 Å². The molecule has 2 N–H and O–H groups in total. The van der Waals surface area contributed by atoms with Gasteiger partial charge in [0, 0.05) is 37.5 Å². The maximum absolute atomic E-state index is 13.2. The third kappa shape index (κ3) is 5.11. The van der Waals surface area contributed by atoms with Crippen molar-refractivity contribution >= 4 is 23.5 Å². The predicted molar refractivity (Wildman–Crippen MR) is 131 cm³/mol. The first-order valence-corrected chi connectivity index (χ1v) is 11.7. The smallest absolute Gasteiger partial charge is 0.291 e. The van der Waals surface area contributed by atoms with Crippen LogP contribution in [0.1, 0.15) is 54.0 Å². The lowest BCUT2D eigenvalue weighted by Gasteiger charge is -2.17. The van der Waals surface area contributed by atoms with Crippen molar-refractivity contribution in [2.45, 2.75) is 52.7 Å². The Morgan fingerprint density at radius 1 is 1.31 bits per heavy atom. The number of aryl methyl sites for hydroxylation is 1. The van der Waals surface area contributed by atoms with Gasteiger partial charge in [0.25, 0.3) is 11.5 Å². The van der Waals surface area contributed by atoms with Gasteiger partial charge in [0.1, 0.15) is 5.65 Å². The van der Waals surface area contributed by atoms with E-state index in [-0.39, 0.29) is 23.4 Å². The minimum absolute atomic E-state index is 0.0301. The van der Waals surface area contributed by atoms with E-state index in [9.17, 15) is 19.5 Å². The number of carbonyl (C=O) groups excluding carboxylic acids is 2. The molecule has 4 rings (SSSR count). The van der Waals surface area contributed by atoms with Gasteiger partial charge < -0.3 is 15.3 Å². The number of nitrogens with zero attached hydrogens (tertiary/aromatic N) is 5. The number of fused-ring (bicyclic) bond motifs is 1. The first-order chi connectivity index (χ1) is 16.7. The van der Waals surface area contributed by atoms with Crippen LogP contribution in [0.4, 0.5) is 0 Å². The quantitative estimate of drug-likeness (QED) is 0.479. The van der Waals surface area contributed by atoms with Crippen LogP contribution in [0.5, 0.6) is 5.88 Å². The second-order valence-corrected chi connectivity index (χ2v) is 9.34. The first kappa shape index (κ1) is 24.2. The number of aromatic nitrogens is 4. The molecule has 1 aliphatic carbocycles. The van der Waals surface area contributed by atoms with Gasteiger partial charge in [-0.15, -0.1) is 0 Å². The Balaban J connectivity index is 1.74. The summed E-state index contributed by atoms with van der Waals surface area (Å²) in [4.78, 5) is 44.5. The van der Waals surface area contributed by atoms with E-state index in [1.807, 2.05) is 32.0 Å². The van der Waals surface area contributed by atoms with E-state index in [1.54, 1.807) is 26.2 Å². The molecular formula is C25H30N6O4. The fourth-order valence-electron chi connectivity index (χ4n) is 3.88. The number of hydrogen-bond donors (Lipinski definition) is 2. The van der Waals surface area contributed by atoms with Gasteiger partial charge >= 0.3 is 0 Å². The van der Waals surface area contributed by atoms with Crippen LogP contribution in [0.15, 0.2) is 35.3 Å². The monoisotopic (exact) mass is 478 g/mol. The van der Waals surface area contributed by atoms with Gasteiger partial charge in [-0.1, -0.05) is 19.9 Å². The molecule has 0 aromatic carbocycles. The molecule has 0 saturated heterocycles. The molecule has 0 atom stereocenters. The summed E-state index contributed by atoms with van der Waals surface area (Å²) in [6.07, 6.45) is 6.38. The van der Waals surface area contributed by atoms with Crippen LogP contribution in [-0.4, -0.2) is 54.1 Å². The summed E-state index contributed by atoms with van der Waals surface area (Å²) >= 11 is 0. The van der Waals surface area contributed by atoms with Gasteiger partial charge in [0.2, 0.25) is 11.8 Å². The van der Waals surface area contributed by atoms with Crippen molar-refractivity contribution in [1.82, 2.24) is 29.4 Å². The van der Waals surface area contributed by atoms with E-state index < -0.39 is 17.3 Å². The maximum Gasteiger partial charge on any atom is 0.291 e. The normalized spacial score (nSPS) is 13.6. The van der Waals surface area contributed by atoms with E-state index in [0.717, 1.165) is 23.1 Å². The minimum atomic E-state index is -0.697. The van der Waals surface area contributed by atoms with E-state index in [1.165, 1.54) is 15.5 Å². The summed E-state index contributed by atoms with van der Waals surface area (Å²) in [5.41, 5.74) is 1.09. The summed E-state index contributed by atoms with van der Waals surface area (Å²) < 4.78 is 2.66. The first-order valence-electron chi connectivity index (χ1n) is 11.7. The number of hydrogen-bond acceptors (Lipinski definition) is 6. The number of pyridine rings is 1. The number of carbonyl (C=O) groups is 2. The van der Waals surface area contributed by atoms with Gasteiger partial charge in [-0.2, -0.15) is 9.61 Å². The number of nitrogens with one attached hydrogen (secondary N) is 1. The van der Waals surface area contributed by atoms with Crippen LogP contribution in [0.3, 0.4) is 0 Å². The summed E-state index contributed by atoms with van der Waals surface area (Å²) in [5.74, 6) is -1.16. The molecule has 184 valence electrons. The second kappa shape index (κ2) is 9.73. The zero-order valence-electron chi connectivity index (χ0n) is 20.4. The van der Waals surface area contributed by atoms with Crippen molar-refractivity contribution in [2.24, 2.45) is 5.92 Å². The molecule has 35 heavy (non-hydrogen) atoms. The Kier molecular flexibility index (Phi) is 6.72. The lowest BCUT2D eigenvalue weighted by atomic mass is 10.1. The summed E-state index contributed by atoms with van der Waals surface area (Å²) in [7, 11) is 1.68. The molecule has 3 aromatic heterocycles. The molecule has 0 spiro atoms. The highest BCUT2D eigenvalue weighted by Gasteiger charge is 2.30. The highest BCUT2D eigenvalue weighted by molar-refractivity contribution is 5.97. The number of amides is 2. The molecule has 3 heterocycles. The van der Waals surface area contributed by atoms with Crippen molar-refractivity contribution in [2.75, 3.05) is 7.05 Å². The van der Waals surface area contributed by atoms with Gasteiger partial charge in [-0.25, -0.2) is 0 Å². The number of aromatic hydroxyl groups is 1. The van der Waals surface area contributed by atoms with E-state index >= 15 is 0 Å². The number of rotatable bonds is 8. The fraction of sp³-hybridized carbons (Fsp3) is 0.400. The summed E-state index contributed by atoms with van der Waals surface area (Å²) in [6.45, 7) is 6.34. The van der Waals surface area contributed by atoms with Gasteiger partial charge in [-0.3, -0.25) is 23.9 Å². The standard InChI is InChI=1S/C25H30N6O4/c1-15(2)13-30-23-19(10-11-20(32)29(4)14-18-7-5-6-12-26-18)16(3)28-31(23)25(35)21(24(30)34)22(33)27-17-8-9-17/h5-7,10-12,15,17,34H,8-9,13-14H2,1-4H3,(H,27,33)/b11-10+. The molecular weight excluding hydrogens is 448 g/mol. The third-order valence-corrected chi connectivity index (χ3v) is 5.80. The van der Waals surface area contributed by atoms with Gasteiger partial charge in [0.15, 0.2) is 5.56 Å². The number of likely N-dealkylation sites (N-methyl/N-ethyl adjacent to an activating group) is 1. The van der Waals surface area contributed by atoms with Crippen LogP contribution in [0.25, 0.3) is 11.7 Å². The molecule has 0 radical (unpaired) electrons. The lowest BCUT2D eigenvalue weighted by Crippen LogP contribution is -2.34. The van der Waals surface area contributed by atoms with Gasteiger partial charge in [0.05, 0.1) is 17.9 Å². The summed E-state index contributed by atoms with van der Waals surface area (Å²) in [6, 6.07) is 5.54. The van der Waals surface area contributed by atoms with Crippen LogP contribution in [0, 0.1) is 12.8 Å². The van der Waals surface area contributed by atoms with Crippen molar-refractivity contribution < 1.29 is 14.7 Å². The fourth-order valence-corrected chi connectivity index (χ4v) is 3.88. The van der Waals surface area contributed by atoms with E-state index in [2.05, 4.69) is 15.4 Å². The zero-order chi connectivity index (χ0) is 25.3. The van der Waals surface area contributed by atoms with Crippen molar-refractivity contribution in [3.05, 3.63) is 63.3 Å². The Hall–Kier alpha value is -3.95. The summed E-state index contributed by atoms with van der Waals surface area (Å²) in [5, 5.41) is 18.2. The second-order valence-electron chi connectivity index (χ2n) is 9.34. The molecule has 10 nitrogen and oxygen atoms in total. The Morgan fingerprint density at radius 2 is 2.06 bits per heavy atom. The molecule has 0 unspecified atom stereocenters. The van der Waals surface area contributed by atoms with Crippen molar-refractivity contribution in [1.29, 1.82) is 0 Å². The highest BCUT2D eigenvalue weighted by Crippen LogP contribution is 2.26. The van der Waals surface area contributed by atoms with E-state index in [4.69, 9.17) is 0 Å². The Labute approximate surface area is 202 Å². The molecule has 2 amide bonds. The van der Waals surface area contributed by atoms with Crippen LogP contribution in [-0.2, 0) is 17.9 Å². The molecule has 3 aromatic rings. The minimum Gasteiger partial charge on any atom is -0.494 e. The Bertz CT molecular complexity index is 1350. The lowest BCUT2D eigenvalue weighted by molar-refractivity contribution is -0.125.